The van der Waals surface area contributed by atoms with E-state index in [9.17, 15) is 10.1 Å². The molecule has 0 aromatic carbocycles. The normalized spacial score (nSPS) is 11.2. The van der Waals surface area contributed by atoms with Gasteiger partial charge in [0.25, 0.3) is 5.69 Å². The number of hydrogen-bond acceptors (Lipinski definition) is 4. The van der Waals surface area contributed by atoms with Crippen LogP contribution in [0.2, 0.25) is 0 Å². The molecule has 0 amide bonds. The molecule has 1 aromatic heterocycles. The van der Waals surface area contributed by atoms with Crippen LogP contribution in [0.4, 0.5) is 5.69 Å². The molecule has 0 fully saturated rings. The molecule has 0 spiro atoms. The van der Waals surface area contributed by atoms with Gasteiger partial charge in [0.2, 0.25) is 5.88 Å². The lowest BCUT2D eigenvalue weighted by atomic mass is 9.93. The van der Waals surface area contributed by atoms with Crippen LogP contribution in [0.5, 0.6) is 5.88 Å². The third-order valence-electron chi connectivity index (χ3n) is 2.03. The number of aromatic nitrogens is 1. The number of nitro groups is 1. The van der Waals surface area contributed by atoms with Crippen molar-refractivity contribution in [2.75, 3.05) is 6.61 Å². The predicted octanol–water partition coefficient (Wildman–Crippen LogP) is 2.80. The van der Waals surface area contributed by atoms with E-state index in [1.54, 1.807) is 0 Å². The van der Waals surface area contributed by atoms with E-state index < -0.39 is 4.92 Å². The Morgan fingerprint density at radius 3 is 2.56 bits per heavy atom. The largest absolute Gasteiger partial charge is 0.478 e. The molecule has 88 valence electrons. The first-order chi connectivity index (χ1) is 7.38. The van der Waals surface area contributed by atoms with Gasteiger partial charge in [0.1, 0.15) is 6.20 Å². The summed E-state index contributed by atoms with van der Waals surface area (Å²) < 4.78 is 5.38. The number of pyridine rings is 1. The molecule has 1 rings (SSSR count). The van der Waals surface area contributed by atoms with E-state index in [4.69, 9.17) is 4.74 Å². The molecular formula is C11H16N2O3. The Morgan fingerprint density at radius 2 is 2.12 bits per heavy atom. The van der Waals surface area contributed by atoms with Crippen LogP contribution in [0.25, 0.3) is 0 Å². The SMILES string of the molecule is CC(C)(C)CCOc1ccc([N+](=O)[O-])cn1. The summed E-state index contributed by atoms with van der Waals surface area (Å²) in [5.74, 6) is 0.426. The molecule has 0 saturated heterocycles. The summed E-state index contributed by atoms with van der Waals surface area (Å²) in [6, 6.07) is 2.90. The van der Waals surface area contributed by atoms with E-state index in [1.165, 1.54) is 18.3 Å². The Balaban J connectivity index is 2.47. The Hall–Kier alpha value is -1.65. The summed E-state index contributed by atoms with van der Waals surface area (Å²) in [4.78, 5) is 13.8. The molecule has 1 heterocycles. The van der Waals surface area contributed by atoms with Crippen LogP contribution in [0.15, 0.2) is 18.3 Å². The minimum absolute atomic E-state index is 0.0248. The van der Waals surface area contributed by atoms with Crippen molar-refractivity contribution in [2.24, 2.45) is 5.41 Å². The lowest BCUT2D eigenvalue weighted by molar-refractivity contribution is -0.385. The van der Waals surface area contributed by atoms with Gasteiger partial charge >= 0.3 is 0 Å². The predicted molar refractivity (Wildman–Crippen MR) is 60.5 cm³/mol. The van der Waals surface area contributed by atoms with Crippen LogP contribution >= 0.6 is 0 Å². The molecule has 5 heteroatoms. The molecule has 5 nitrogen and oxygen atoms in total. The van der Waals surface area contributed by atoms with Crippen molar-refractivity contribution in [3.05, 3.63) is 28.4 Å². The summed E-state index contributed by atoms with van der Waals surface area (Å²) in [7, 11) is 0. The molecule has 1 aromatic rings. The van der Waals surface area contributed by atoms with Crippen LogP contribution in [-0.2, 0) is 0 Å². The molecule has 0 bridgehead atoms. The van der Waals surface area contributed by atoms with Crippen molar-refractivity contribution in [1.29, 1.82) is 0 Å². The summed E-state index contributed by atoms with van der Waals surface area (Å²) in [5, 5.41) is 10.4. The van der Waals surface area contributed by atoms with Gasteiger partial charge in [-0.1, -0.05) is 20.8 Å². The quantitative estimate of drug-likeness (QED) is 0.582. The van der Waals surface area contributed by atoms with Crippen molar-refractivity contribution < 1.29 is 9.66 Å². The van der Waals surface area contributed by atoms with Crippen LogP contribution in [0.1, 0.15) is 27.2 Å². The third kappa shape index (κ3) is 4.25. The smallest absolute Gasteiger partial charge is 0.287 e. The van der Waals surface area contributed by atoms with Crippen molar-refractivity contribution >= 4 is 5.69 Å². The van der Waals surface area contributed by atoms with Gasteiger partial charge in [0.05, 0.1) is 11.5 Å². The highest BCUT2D eigenvalue weighted by Gasteiger charge is 2.10. The highest BCUT2D eigenvalue weighted by molar-refractivity contribution is 5.28. The molecule has 0 aliphatic carbocycles. The molecule has 0 saturated carbocycles. The first kappa shape index (κ1) is 12.4. The summed E-state index contributed by atoms with van der Waals surface area (Å²) in [6.45, 7) is 6.94. The van der Waals surface area contributed by atoms with Crippen molar-refractivity contribution in [3.63, 3.8) is 0 Å². The van der Waals surface area contributed by atoms with E-state index in [0.717, 1.165) is 6.42 Å². The Morgan fingerprint density at radius 1 is 1.44 bits per heavy atom. The first-order valence-corrected chi connectivity index (χ1v) is 5.12. The van der Waals surface area contributed by atoms with E-state index in [2.05, 4.69) is 25.8 Å². The second kappa shape index (κ2) is 4.92. The second-order valence-corrected chi connectivity index (χ2v) is 4.77. The summed E-state index contributed by atoms with van der Waals surface area (Å²) in [6.07, 6.45) is 2.11. The van der Waals surface area contributed by atoms with Gasteiger partial charge < -0.3 is 4.74 Å². The molecule has 0 radical (unpaired) electrons. The van der Waals surface area contributed by atoms with Gasteiger partial charge in [0, 0.05) is 12.1 Å². The number of hydrogen-bond donors (Lipinski definition) is 0. The van der Waals surface area contributed by atoms with E-state index in [0.29, 0.717) is 12.5 Å². The summed E-state index contributed by atoms with van der Waals surface area (Å²) >= 11 is 0. The van der Waals surface area contributed by atoms with E-state index in [1.807, 2.05) is 0 Å². The fourth-order valence-electron chi connectivity index (χ4n) is 1.03. The lowest BCUT2D eigenvalue weighted by Crippen LogP contribution is -2.11. The second-order valence-electron chi connectivity index (χ2n) is 4.77. The van der Waals surface area contributed by atoms with E-state index >= 15 is 0 Å². The topological polar surface area (TPSA) is 65.3 Å². The fraction of sp³-hybridized carbons (Fsp3) is 0.545. The number of rotatable bonds is 4. The Labute approximate surface area is 94.6 Å². The Kier molecular flexibility index (Phi) is 3.82. The number of nitrogens with zero attached hydrogens (tertiary/aromatic N) is 2. The average molecular weight is 224 g/mol. The molecule has 0 aliphatic heterocycles. The average Bonchev–Trinajstić information content (AvgIpc) is 2.16. The van der Waals surface area contributed by atoms with Gasteiger partial charge in [-0.2, -0.15) is 0 Å². The molecular weight excluding hydrogens is 208 g/mol. The van der Waals surface area contributed by atoms with Crippen molar-refractivity contribution in [2.45, 2.75) is 27.2 Å². The standard InChI is InChI=1S/C11H16N2O3/c1-11(2,3)6-7-16-10-5-4-9(8-12-10)13(14)15/h4-5,8H,6-7H2,1-3H3. The third-order valence-corrected chi connectivity index (χ3v) is 2.03. The molecule has 16 heavy (non-hydrogen) atoms. The Bertz CT molecular complexity index is 354. The zero-order chi connectivity index (χ0) is 12.2. The van der Waals surface area contributed by atoms with Gasteiger partial charge in [0.15, 0.2) is 0 Å². The monoisotopic (exact) mass is 224 g/mol. The molecule has 0 atom stereocenters. The summed E-state index contributed by atoms with van der Waals surface area (Å²) in [5.41, 5.74) is 0.184. The first-order valence-electron chi connectivity index (χ1n) is 5.12. The molecule has 0 N–H and O–H groups in total. The maximum absolute atomic E-state index is 10.4. The zero-order valence-corrected chi connectivity index (χ0v) is 9.77. The van der Waals surface area contributed by atoms with Gasteiger partial charge in [-0.25, -0.2) is 4.98 Å². The minimum atomic E-state index is -0.480. The van der Waals surface area contributed by atoms with Crippen molar-refractivity contribution in [3.8, 4) is 5.88 Å². The highest BCUT2D eigenvalue weighted by atomic mass is 16.6. The van der Waals surface area contributed by atoms with E-state index in [-0.39, 0.29) is 11.1 Å². The maximum atomic E-state index is 10.4. The number of ether oxygens (including phenoxy) is 1. The minimum Gasteiger partial charge on any atom is -0.478 e. The van der Waals surface area contributed by atoms with Crippen LogP contribution in [-0.4, -0.2) is 16.5 Å². The van der Waals surface area contributed by atoms with Gasteiger partial charge in [-0.15, -0.1) is 0 Å². The van der Waals surface area contributed by atoms with Crippen molar-refractivity contribution in [1.82, 2.24) is 4.98 Å². The van der Waals surface area contributed by atoms with Crippen LogP contribution < -0.4 is 4.74 Å². The van der Waals surface area contributed by atoms with Gasteiger partial charge in [-0.05, 0) is 11.8 Å². The lowest BCUT2D eigenvalue weighted by Gasteiger charge is -2.17. The van der Waals surface area contributed by atoms with Crippen LogP contribution in [0, 0.1) is 15.5 Å². The fourth-order valence-corrected chi connectivity index (χ4v) is 1.03. The van der Waals surface area contributed by atoms with Gasteiger partial charge in [-0.3, -0.25) is 10.1 Å². The molecule has 0 aliphatic rings. The van der Waals surface area contributed by atoms with Crippen LogP contribution in [0.3, 0.4) is 0 Å². The highest BCUT2D eigenvalue weighted by Crippen LogP contribution is 2.19. The molecule has 0 unspecified atom stereocenters. The zero-order valence-electron chi connectivity index (χ0n) is 9.77. The maximum Gasteiger partial charge on any atom is 0.287 e.